The Balaban J connectivity index is 1.23. The zero-order chi connectivity index (χ0) is 29.9. The first-order valence-corrected chi connectivity index (χ1v) is 16.1. The Morgan fingerprint density at radius 1 is 0.500 bits per heavy atom. The first kappa shape index (κ1) is 26.5. The Morgan fingerprint density at radius 2 is 1.02 bits per heavy atom. The van der Waals surface area contributed by atoms with Crippen LogP contribution in [0, 0.1) is 13.8 Å². The largest absolute Gasteiger partial charge is 0.289 e. The minimum absolute atomic E-state index is 0.0437. The van der Waals surface area contributed by atoms with Gasteiger partial charge in [0.05, 0.1) is 0 Å². The van der Waals surface area contributed by atoms with Crippen LogP contribution in [0.5, 0.6) is 0 Å². The molecule has 3 heteroatoms. The standard InChI is InChI=1S/C41H29O2S/c1-25-7-11-27(12-8-25)40(42)31-16-15-29-21-30-17-19-33(24-36(30)35(29)22-31)44-38-6-4-3-5-34(38)37-23-32(18-20-39(37)44)41(43)28-13-9-26(2)10-14-28/h3-20,22-24H,21H2,1-2H3/q+1. The molecule has 0 N–H and O–H groups in total. The van der Waals surface area contributed by atoms with Crippen LogP contribution in [0.1, 0.15) is 54.1 Å². The minimum atomic E-state index is -0.303. The quantitative estimate of drug-likeness (QED) is 0.149. The van der Waals surface area contributed by atoms with Crippen molar-refractivity contribution in [3.05, 3.63) is 172 Å². The summed E-state index contributed by atoms with van der Waals surface area (Å²) in [5.41, 5.74) is 10.0. The lowest BCUT2D eigenvalue weighted by molar-refractivity contribution is 0.103. The molecule has 0 spiro atoms. The zero-order valence-corrected chi connectivity index (χ0v) is 25.4. The highest BCUT2D eigenvalue weighted by Crippen LogP contribution is 2.50. The number of hydrogen-bond acceptors (Lipinski definition) is 2. The molecule has 0 amide bonds. The van der Waals surface area contributed by atoms with E-state index < -0.39 is 0 Å². The highest BCUT2D eigenvalue weighted by Gasteiger charge is 2.28. The van der Waals surface area contributed by atoms with Crippen LogP contribution in [0.3, 0.4) is 0 Å². The molecule has 44 heavy (non-hydrogen) atoms. The number of thiophene rings is 1. The van der Waals surface area contributed by atoms with Gasteiger partial charge in [-0.1, -0.05) is 90.0 Å². The third kappa shape index (κ3) is 4.32. The number of rotatable bonds is 5. The van der Waals surface area contributed by atoms with E-state index in [0.717, 1.165) is 34.1 Å². The van der Waals surface area contributed by atoms with Gasteiger partial charge in [0, 0.05) is 49.6 Å². The van der Waals surface area contributed by atoms with Gasteiger partial charge in [-0.15, -0.1) is 0 Å². The van der Waals surface area contributed by atoms with Crippen LogP contribution in [0.2, 0.25) is 0 Å². The number of benzene rings is 6. The van der Waals surface area contributed by atoms with Crippen molar-refractivity contribution in [2.75, 3.05) is 0 Å². The fourth-order valence-corrected chi connectivity index (χ4v) is 8.85. The van der Waals surface area contributed by atoms with Crippen molar-refractivity contribution in [1.82, 2.24) is 0 Å². The van der Waals surface area contributed by atoms with Crippen molar-refractivity contribution < 1.29 is 9.59 Å². The van der Waals surface area contributed by atoms with Gasteiger partial charge >= 0.3 is 0 Å². The zero-order valence-electron chi connectivity index (χ0n) is 24.6. The average molecular weight is 586 g/mol. The second-order valence-corrected chi connectivity index (χ2v) is 13.7. The Hall–Kier alpha value is -5.12. The van der Waals surface area contributed by atoms with Crippen LogP contribution < -0.4 is 0 Å². The molecule has 1 unspecified atom stereocenters. The summed E-state index contributed by atoms with van der Waals surface area (Å²) in [6.45, 7) is 4.06. The van der Waals surface area contributed by atoms with Crippen LogP contribution in [0.15, 0.2) is 127 Å². The van der Waals surface area contributed by atoms with E-state index in [9.17, 15) is 9.59 Å². The van der Waals surface area contributed by atoms with Gasteiger partial charge in [0.1, 0.15) is 0 Å². The molecular weight excluding hydrogens is 557 g/mol. The topological polar surface area (TPSA) is 34.1 Å². The summed E-state index contributed by atoms with van der Waals surface area (Å²) in [5, 5.41) is 2.32. The van der Waals surface area contributed by atoms with E-state index in [1.807, 2.05) is 74.5 Å². The molecule has 0 fully saturated rings. The van der Waals surface area contributed by atoms with Crippen molar-refractivity contribution in [3.63, 3.8) is 0 Å². The predicted octanol–water partition coefficient (Wildman–Crippen LogP) is 10.4. The maximum Gasteiger partial charge on any atom is 0.193 e. The van der Waals surface area contributed by atoms with E-state index >= 15 is 0 Å². The smallest absolute Gasteiger partial charge is 0.193 e. The van der Waals surface area contributed by atoms with E-state index in [4.69, 9.17) is 0 Å². The first-order valence-electron chi connectivity index (χ1n) is 14.9. The Labute approximate surface area is 259 Å². The summed E-state index contributed by atoms with van der Waals surface area (Å²) < 4.78 is 2.53. The Morgan fingerprint density at radius 3 is 1.70 bits per heavy atom. The van der Waals surface area contributed by atoms with Crippen LogP contribution in [0.25, 0.3) is 36.2 Å². The van der Waals surface area contributed by atoms with Crippen molar-refractivity contribution in [1.29, 1.82) is 0 Å². The van der Waals surface area contributed by atoms with Gasteiger partial charge < -0.3 is 0 Å². The Bertz CT molecular complexity index is 2290. The normalized spacial score (nSPS) is 12.4. The molecule has 8 rings (SSSR count). The number of hydrogen-bond donors (Lipinski definition) is 0. The molecule has 0 bridgehead atoms. The molecule has 1 heterocycles. The Kier molecular flexibility index (Phi) is 6.18. The number of carbonyl (C=O) groups is 2. The third-order valence-corrected chi connectivity index (χ3v) is 11.2. The van der Waals surface area contributed by atoms with Crippen LogP contribution in [0.4, 0.5) is 0 Å². The van der Waals surface area contributed by atoms with Crippen LogP contribution >= 0.6 is 10.5 Å². The molecule has 1 atom stereocenters. The van der Waals surface area contributed by atoms with Crippen molar-refractivity contribution >= 4 is 42.2 Å². The van der Waals surface area contributed by atoms with Gasteiger partial charge in [0.25, 0.3) is 0 Å². The van der Waals surface area contributed by atoms with Crippen LogP contribution in [-0.2, 0) is 6.42 Å². The maximum atomic E-state index is 13.4. The number of carbonyl (C=O) groups excluding carboxylic acids is 2. The van der Waals surface area contributed by atoms with Crippen molar-refractivity contribution in [2.24, 2.45) is 0 Å². The average Bonchev–Trinajstić information content (AvgIpc) is 3.59. The molecule has 0 radical (unpaired) electrons. The highest BCUT2D eigenvalue weighted by atomic mass is 32.2. The number of ketones is 2. The molecule has 6 aromatic carbocycles. The summed E-state index contributed by atoms with van der Waals surface area (Å²) in [6.07, 6.45) is 0.870. The lowest BCUT2D eigenvalue weighted by Gasteiger charge is -2.06. The molecule has 1 aliphatic rings. The fraction of sp³-hybridized carbons (Fsp3) is 0.0732. The molecule has 0 saturated heterocycles. The molecule has 0 aliphatic heterocycles. The molecule has 1 aromatic heterocycles. The predicted molar refractivity (Wildman–Crippen MR) is 183 cm³/mol. The number of aryl methyl sites for hydroxylation is 2. The molecular formula is C41H29O2S+. The van der Waals surface area contributed by atoms with E-state index in [0.29, 0.717) is 16.7 Å². The lowest BCUT2D eigenvalue weighted by atomic mass is 9.97. The fourth-order valence-electron chi connectivity index (χ4n) is 6.46. The molecule has 2 nitrogen and oxygen atoms in total. The highest BCUT2D eigenvalue weighted by molar-refractivity contribution is 7.50. The summed E-state index contributed by atoms with van der Waals surface area (Å²) in [4.78, 5) is 28.0. The SMILES string of the molecule is Cc1ccc(C(=O)c2ccc3c(c2)-c2cc(-[s+]4c5ccccc5c5cc(C(=O)c6ccc(C)cc6)ccc54)ccc2C3)cc1. The third-order valence-electron chi connectivity index (χ3n) is 8.85. The van der Waals surface area contributed by atoms with Gasteiger partial charge in [0.15, 0.2) is 25.9 Å². The molecule has 210 valence electrons. The summed E-state index contributed by atoms with van der Waals surface area (Å²) >= 11 is 0. The van der Waals surface area contributed by atoms with Gasteiger partial charge in [-0.2, -0.15) is 0 Å². The monoisotopic (exact) mass is 585 g/mol. The molecule has 0 saturated carbocycles. The van der Waals surface area contributed by atoms with Crippen molar-refractivity contribution in [2.45, 2.75) is 20.3 Å². The van der Waals surface area contributed by atoms with Crippen LogP contribution in [-0.4, -0.2) is 11.6 Å². The summed E-state index contributed by atoms with van der Waals surface area (Å²) in [5.74, 6) is 0.0936. The second-order valence-electron chi connectivity index (χ2n) is 11.8. The van der Waals surface area contributed by atoms with Gasteiger partial charge in [-0.05, 0) is 85.0 Å². The van der Waals surface area contributed by atoms with E-state index in [2.05, 4.69) is 66.7 Å². The van der Waals surface area contributed by atoms with E-state index in [1.165, 1.54) is 36.4 Å². The maximum absolute atomic E-state index is 13.4. The minimum Gasteiger partial charge on any atom is -0.289 e. The lowest BCUT2D eigenvalue weighted by Crippen LogP contribution is -2.01. The summed E-state index contributed by atoms with van der Waals surface area (Å²) in [7, 11) is -0.303. The van der Waals surface area contributed by atoms with Gasteiger partial charge in [0.2, 0.25) is 0 Å². The number of fused-ring (bicyclic) bond motifs is 6. The second kappa shape index (κ2) is 10.3. The molecule has 7 aromatic rings. The van der Waals surface area contributed by atoms with Gasteiger partial charge in [-0.3, -0.25) is 9.59 Å². The van der Waals surface area contributed by atoms with E-state index in [1.54, 1.807) is 0 Å². The van der Waals surface area contributed by atoms with Gasteiger partial charge in [-0.25, -0.2) is 0 Å². The van der Waals surface area contributed by atoms with Crippen molar-refractivity contribution in [3.8, 4) is 16.0 Å². The molecule has 1 aliphatic carbocycles. The van der Waals surface area contributed by atoms with E-state index in [-0.39, 0.29) is 22.0 Å². The first-order chi connectivity index (χ1) is 21.4. The summed E-state index contributed by atoms with van der Waals surface area (Å²) in [6, 6.07) is 43.4.